The van der Waals surface area contributed by atoms with Gasteiger partial charge < -0.3 is 30.1 Å². The van der Waals surface area contributed by atoms with E-state index in [1.807, 2.05) is 13.8 Å². The molecule has 0 aliphatic carbocycles. The van der Waals surface area contributed by atoms with Gasteiger partial charge in [-0.3, -0.25) is 18.9 Å². The van der Waals surface area contributed by atoms with Crippen LogP contribution in [-0.2, 0) is 33.1 Å². The normalized spacial score (nSPS) is 11.9. The van der Waals surface area contributed by atoms with Crippen molar-refractivity contribution in [3.8, 4) is 23.0 Å². The third kappa shape index (κ3) is 13.6. The molecule has 0 aliphatic rings. The Morgan fingerprint density at radius 1 is 0.627 bits per heavy atom. The number of nitrogens with one attached hydrogen (secondary N) is 1. The van der Waals surface area contributed by atoms with Gasteiger partial charge in [-0.15, -0.1) is 15.3 Å². The zero-order valence-corrected chi connectivity index (χ0v) is 45.5. The molecule has 4 N–H and O–H groups in total. The zero-order valence-electron chi connectivity index (χ0n) is 40.1. The third-order valence-corrected chi connectivity index (χ3v) is 13.8. The van der Waals surface area contributed by atoms with Crippen molar-refractivity contribution in [1.29, 1.82) is 0 Å². The molecule has 0 radical (unpaired) electrons. The summed E-state index contributed by atoms with van der Waals surface area (Å²) in [5.41, 5.74) is 1.01. The van der Waals surface area contributed by atoms with Crippen molar-refractivity contribution in [1.82, 2.24) is 0 Å². The number of fused-ring (bicyclic) bond motifs is 2. The largest absolute Gasteiger partial charge is 2.00 e. The van der Waals surface area contributed by atoms with E-state index in [9.17, 15) is 46.1 Å². The van der Waals surface area contributed by atoms with Gasteiger partial charge in [0.25, 0.3) is 26.1 Å². The minimum atomic E-state index is -4.75. The van der Waals surface area contributed by atoms with Gasteiger partial charge in [-0.25, -0.2) is 0 Å². The molecular formula is C52H42CaCl2N6O12S2. The van der Waals surface area contributed by atoms with E-state index < -0.39 is 53.3 Å². The van der Waals surface area contributed by atoms with Gasteiger partial charge in [0.15, 0.2) is 5.75 Å². The number of nitrogens with zero attached hydrogens (tertiary/aromatic N) is 5. The number of carbonyl (C=O) groups excluding carboxylic acids is 1. The molecule has 18 nitrogen and oxygen atoms in total. The number of benzene rings is 8. The number of carbonyl (C=O) groups is 1. The second kappa shape index (κ2) is 24.7. The molecule has 8 rings (SSSR count). The van der Waals surface area contributed by atoms with Crippen LogP contribution in [0.4, 0.5) is 34.1 Å². The summed E-state index contributed by atoms with van der Waals surface area (Å²) in [5.74, 6) is -1.58. The van der Waals surface area contributed by atoms with Gasteiger partial charge in [0.1, 0.15) is 38.4 Å². The van der Waals surface area contributed by atoms with Crippen molar-refractivity contribution in [3.63, 3.8) is 0 Å². The van der Waals surface area contributed by atoms with E-state index >= 15 is 0 Å². The van der Waals surface area contributed by atoms with Gasteiger partial charge >= 0.3 is 37.7 Å². The average Bonchev–Trinajstić information content (AvgIpc) is 3.36. The Bertz CT molecular complexity index is 3830. The minimum absolute atomic E-state index is 0. The van der Waals surface area contributed by atoms with Crippen molar-refractivity contribution < 1.29 is 55.5 Å². The van der Waals surface area contributed by atoms with Crippen molar-refractivity contribution in [2.75, 3.05) is 19.5 Å². The predicted octanol–water partition coefficient (Wildman–Crippen LogP) is 11.5. The van der Waals surface area contributed by atoms with Gasteiger partial charge in [0.2, 0.25) is 0 Å². The molecule has 75 heavy (non-hydrogen) atoms. The fourth-order valence-corrected chi connectivity index (χ4v) is 9.86. The molecule has 23 heteroatoms. The minimum Gasteiger partial charge on any atom is -0.871 e. The molecule has 0 unspecified atom stereocenters. The topological polar surface area (TPSA) is 284 Å². The van der Waals surface area contributed by atoms with E-state index in [0.717, 1.165) is 0 Å². The summed E-state index contributed by atoms with van der Waals surface area (Å²) in [6, 6.07) is 35.4. The van der Waals surface area contributed by atoms with Crippen LogP contribution in [0.15, 0.2) is 169 Å². The molecule has 0 atom stereocenters. The number of aryl methyl sites for hydroxylation is 2. The molecule has 380 valence electrons. The van der Waals surface area contributed by atoms with Crippen molar-refractivity contribution in [2.24, 2.45) is 25.4 Å². The second-order valence-electron chi connectivity index (χ2n) is 15.9. The molecule has 0 aromatic heterocycles. The van der Waals surface area contributed by atoms with E-state index in [4.69, 9.17) is 32.7 Å². The Morgan fingerprint density at radius 2 is 1.11 bits per heavy atom. The van der Waals surface area contributed by atoms with Crippen molar-refractivity contribution in [2.45, 2.75) is 36.5 Å². The maximum atomic E-state index is 13.4. The molecule has 1 amide bonds. The number of hydrogen-bond donors (Lipinski definition) is 4. The quantitative estimate of drug-likeness (QED) is 0.0260. The molecule has 0 heterocycles. The summed E-state index contributed by atoms with van der Waals surface area (Å²) in [4.78, 5) is 15.9. The Balaban J connectivity index is 0.000000241. The van der Waals surface area contributed by atoms with E-state index in [-0.39, 0.29) is 81.7 Å². The maximum Gasteiger partial charge on any atom is 2.00 e. The van der Waals surface area contributed by atoms with Crippen LogP contribution in [0, 0.1) is 0 Å². The van der Waals surface area contributed by atoms with Crippen LogP contribution in [0.25, 0.3) is 21.5 Å². The van der Waals surface area contributed by atoms with Gasteiger partial charge in [-0.2, -0.15) is 21.9 Å². The van der Waals surface area contributed by atoms with Crippen LogP contribution in [0.3, 0.4) is 0 Å². The first kappa shape index (κ1) is 57.6. The number of phenols is 1. The Kier molecular flexibility index (Phi) is 19.0. The summed E-state index contributed by atoms with van der Waals surface area (Å²) in [5, 5.41) is 57.8. The first-order valence-corrected chi connectivity index (χ1v) is 25.6. The number of anilines is 1. The third-order valence-electron chi connectivity index (χ3n) is 11.1. The molecule has 0 saturated carbocycles. The molecule has 0 bridgehead atoms. The van der Waals surface area contributed by atoms with Gasteiger partial charge in [0.05, 0.1) is 41.2 Å². The number of methoxy groups -OCH3 is 2. The van der Waals surface area contributed by atoms with E-state index in [1.165, 1.54) is 50.6 Å². The van der Waals surface area contributed by atoms with E-state index in [1.54, 1.807) is 97.1 Å². The standard InChI is InChI=1S/2C26H22ClN3O6S.Ca/c2*1-3-15-11-21(27)25(37(33,34)35)22(12-15)29-30-23-19-10-5-4-7-16(19)13-20(24(23)31)26(32)28-17-8-6-9-18(14-17)36-2;/h2*4-14,31H,3H2,1-2H3,(H,28,32)(H,33,34,35);/q;;+2/p-2. The van der Waals surface area contributed by atoms with Crippen LogP contribution in [0.2, 0.25) is 10.0 Å². The molecular weight excluding hydrogens is 1080 g/mol. The second-order valence-corrected chi connectivity index (χ2v) is 19.4. The smallest absolute Gasteiger partial charge is 0.871 e. The summed E-state index contributed by atoms with van der Waals surface area (Å²) < 4.78 is 77.6. The monoisotopic (exact) mass is 1120 g/mol. The number of azo groups is 2. The van der Waals surface area contributed by atoms with Crippen LogP contribution in [0.1, 0.15) is 40.9 Å². The molecule has 0 saturated heterocycles. The van der Waals surface area contributed by atoms with Crippen LogP contribution in [-0.4, -0.2) is 94.8 Å². The summed E-state index contributed by atoms with van der Waals surface area (Å²) in [6.07, 6.45) is 1.02. The Hall–Kier alpha value is -6.72. The predicted molar refractivity (Wildman–Crippen MR) is 285 cm³/mol. The number of aliphatic imine (C=N–C) groups is 1. The van der Waals surface area contributed by atoms with Crippen molar-refractivity contribution >= 4 is 149 Å². The summed E-state index contributed by atoms with van der Waals surface area (Å²) in [7, 11) is -6.50. The number of aromatic hydroxyl groups is 1. The Morgan fingerprint density at radius 3 is 1.63 bits per heavy atom. The SMILES string of the molecule is CCc1cc(Cl)c(S(=O)(=O)O)c(N=Nc2c(O)c(C(=O)Nc3cccc(OC)c3)cc3ccccc23)c1.CCc1cc(Cl)c(S(=O)(=O)O)c(N=Nc2c([O-])c(C([O-])=Nc3cccc(OC)c3)cc3ccccc23)c1.[Ca+2]. The van der Waals surface area contributed by atoms with Gasteiger partial charge in [-0.1, -0.05) is 103 Å². The first-order chi connectivity index (χ1) is 35.2. The fourth-order valence-electron chi connectivity index (χ4n) is 7.46. The average molecular weight is 1120 g/mol. The van der Waals surface area contributed by atoms with Crippen LogP contribution in [0.5, 0.6) is 23.0 Å². The van der Waals surface area contributed by atoms with Gasteiger partial charge in [0, 0.05) is 28.6 Å². The molecule has 8 aromatic carbocycles. The molecule has 0 spiro atoms. The number of amides is 1. The number of rotatable bonds is 14. The van der Waals surface area contributed by atoms with E-state index in [2.05, 4.69) is 30.8 Å². The first-order valence-electron chi connectivity index (χ1n) is 22.0. The maximum absolute atomic E-state index is 13.4. The van der Waals surface area contributed by atoms with Crippen LogP contribution >= 0.6 is 23.2 Å². The van der Waals surface area contributed by atoms with E-state index in [0.29, 0.717) is 68.4 Å². The number of ether oxygens (including phenoxy) is 2. The number of hydrogen-bond acceptors (Lipinski definition) is 15. The molecule has 8 aromatic rings. The fraction of sp³-hybridized carbons (Fsp3) is 0.115. The van der Waals surface area contributed by atoms with Crippen LogP contribution < -0.4 is 25.0 Å². The summed E-state index contributed by atoms with van der Waals surface area (Å²) >= 11 is 12.2. The van der Waals surface area contributed by atoms with Crippen molar-refractivity contribution in [3.05, 3.63) is 166 Å². The number of phenolic OH excluding ortho intramolecular Hbond substituents is 1. The van der Waals surface area contributed by atoms with Gasteiger partial charge in [-0.05, 0) is 107 Å². The molecule has 0 aliphatic heterocycles. The Labute approximate surface area is 470 Å². The number of halogens is 2. The zero-order chi connectivity index (χ0) is 53.5. The summed E-state index contributed by atoms with van der Waals surface area (Å²) in [6.45, 7) is 3.66. The molecule has 0 fully saturated rings.